The summed E-state index contributed by atoms with van der Waals surface area (Å²) in [5.41, 5.74) is 0. The number of hydrogen-bond acceptors (Lipinski definition) is 16. The molecule has 0 aliphatic carbocycles. The zero-order valence-electron chi connectivity index (χ0n) is 23.0. The number of rotatable bonds is 5. The minimum Gasteiger partial charge on any atom is -0.394 e. The molecule has 15 atom stereocenters. The lowest BCUT2D eigenvalue weighted by Gasteiger charge is -2.42. The van der Waals surface area contributed by atoms with Crippen LogP contribution in [0.2, 0.25) is 0 Å². The van der Waals surface area contributed by atoms with Crippen molar-refractivity contribution in [2.45, 2.75) is 108 Å². The number of aliphatic hydroxyl groups is 13. The van der Waals surface area contributed by atoms with Crippen LogP contribution in [0.15, 0.2) is 0 Å². The molecule has 13 N–H and O–H groups in total. The van der Waals surface area contributed by atoms with E-state index in [1.807, 2.05) is 27.7 Å². The maximum Gasteiger partial charge on any atom is 0.184 e. The molecule has 3 saturated heterocycles. The zero-order chi connectivity index (χ0) is 31.1. The summed E-state index contributed by atoms with van der Waals surface area (Å²) in [7, 11) is 0. The van der Waals surface area contributed by atoms with Gasteiger partial charge in [0.05, 0.1) is 32.0 Å². The molecule has 0 radical (unpaired) electrons. The Morgan fingerprint density at radius 1 is 0.400 bits per heavy atom. The molecular formula is C24H48O16. The van der Waals surface area contributed by atoms with Crippen molar-refractivity contribution in [1.29, 1.82) is 0 Å². The van der Waals surface area contributed by atoms with Gasteiger partial charge in [-0.3, -0.25) is 0 Å². The van der Waals surface area contributed by atoms with Gasteiger partial charge in [0.15, 0.2) is 18.9 Å². The van der Waals surface area contributed by atoms with Gasteiger partial charge in [-0.15, -0.1) is 0 Å². The molecule has 3 heterocycles. The third-order valence-electron chi connectivity index (χ3n) is 7.32. The molecule has 40 heavy (non-hydrogen) atoms. The fourth-order valence-electron chi connectivity index (χ4n) is 4.92. The van der Waals surface area contributed by atoms with Crippen LogP contribution in [-0.2, 0) is 14.2 Å². The van der Waals surface area contributed by atoms with E-state index < -0.39 is 98.4 Å². The lowest BCUT2D eigenvalue weighted by Crippen LogP contribution is -2.58. The molecule has 16 nitrogen and oxygen atoms in total. The van der Waals surface area contributed by atoms with Crippen LogP contribution in [0.5, 0.6) is 0 Å². The van der Waals surface area contributed by atoms with Gasteiger partial charge in [0.1, 0.15) is 48.8 Å². The molecule has 15 unspecified atom stereocenters. The quantitative estimate of drug-likeness (QED) is 0.141. The van der Waals surface area contributed by atoms with Crippen LogP contribution in [0.3, 0.4) is 0 Å². The largest absolute Gasteiger partial charge is 0.394 e. The Morgan fingerprint density at radius 2 is 0.675 bits per heavy atom. The molecule has 3 rings (SSSR count). The second kappa shape index (κ2) is 16.9. The molecule has 16 heteroatoms. The Balaban J connectivity index is 0.000000301. The predicted molar refractivity (Wildman–Crippen MR) is 133 cm³/mol. The molecule has 0 spiro atoms. The highest BCUT2D eigenvalue weighted by Crippen LogP contribution is 2.31. The minimum atomic E-state index is -1.57. The first-order chi connectivity index (χ1) is 18.5. The van der Waals surface area contributed by atoms with Gasteiger partial charge in [-0.05, 0) is 11.8 Å². The van der Waals surface area contributed by atoms with Crippen LogP contribution in [0.1, 0.15) is 27.7 Å². The zero-order valence-corrected chi connectivity index (χ0v) is 23.0. The van der Waals surface area contributed by atoms with E-state index in [-0.39, 0.29) is 25.0 Å². The SMILES string of the molecule is CC(C)C1C(O)C(O)OC(CO)C1O.CC(C)C1C(O)C(O)OC(CO)C1O.OCC1OC(O)C(O)C(O)C1O. The standard InChI is InChI=1S/2C9H18O5.C6H12O6/c2*1-4(2)6-7(11)5(3-10)14-9(13)8(6)12;7-1-2-3(8)4(9)5(10)6(11)12-2/h2*4-13H,3H2,1-2H3;2-11H,1H2. The molecule has 0 aromatic heterocycles. The van der Waals surface area contributed by atoms with Gasteiger partial charge in [0, 0.05) is 11.8 Å². The first-order valence-corrected chi connectivity index (χ1v) is 13.1. The monoisotopic (exact) mass is 592 g/mol. The maximum atomic E-state index is 9.73. The molecule has 0 aromatic rings. The van der Waals surface area contributed by atoms with Gasteiger partial charge in [-0.25, -0.2) is 0 Å². The summed E-state index contributed by atoms with van der Waals surface area (Å²) in [6.45, 7) is 6.09. The van der Waals surface area contributed by atoms with Gasteiger partial charge in [-0.1, -0.05) is 27.7 Å². The van der Waals surface area contributed by atoms with Crippen molar-refractivity contribution in [3.05, 3.63) is 0 Å². The van der Waals surface area contributed by atoms with Crippen LogP contribution in [0.25, 0.3) is 0 Å². The average molecular weight is 593 g/mol. The van der Waals surface area contributed by atoms with Crippen LogP contribution in [0.4, 0.5) is 0 Å². The Kier molecular flexibility index (Phi) is 15.8. The Hall–Kier alpha value is -0.640. The van der Waals surface area contributed by atoms with E-state index in [1.54, 1.807) is 0 Å². The van der Waals surface area contributed by atoms with Gasteiger partial charge in [-0.2, -0.15) is 0 Å². The predicted octanol–water partition coefficient (Wildman–Crippen LogP) is -5.84. The minimum absolute atomic E-state index is 0.00704. The van der Waals surface area contributed by atoms with E-state index in [2.05, 4.69) is 4.74 Å². The lowest BCUT2D eigenvalue weighted by atomic mass is 9.81. The molecule has 0 saturated carbocycles. The van der Waals surface area contributed by atoms with Gasteiger partial charge >= 0.3 is 0 Å². The highest BCUT2D eigenvalue weighted by molar-refractivity contribution is 4.91. The summed E-state index contributed by atoms with van der Waals surface area (Å²) < 4.78 is 14.3. The van der Waals surface area contributed by atoms with Crippen LogP contribution in [0, 0.1) is 23.7 Å². The summed E-state index contributed by atoms with van der Waals surface area (Å²) in [5.74, 6) is -0.938. The first kappa shape index (κ1) is 37.4. The van der Waals surface area contributed by atoms with Crippen molar-refractivity contribution < 1.29 is 80.6 Å². The maximum absolute atomic E-state index is 9.73. The normalized spacial score (nSPS) is 45.8. The summed E-state index contributed by atoms with van der Waals surface area (Å²) in [6, 6.07) is 0. The van der Waals surface area contributed by atoms with E-state index in [4.69, 9.17) is 45.2 Å². The van der Waals surface area contributed by atoms with Crippen molar-refractivity contribution in [3.8, 4) is 0 Å². The van der Waals surface area contributed by atoms with Gasteiger partial charge in [0.25, 0.3) is 0 Å². The Labute approximate surface area is 232 Å². The Morgan fingerprint density at radius 3 is 0.950 bits per heavy atom. The van der Waals surface area contributed by atoms with Gasteiger partial charge < -0.3 is 80.6 Å². The molecule has 3 fully saturated rings. The number of ether oxygens (including phenoxy) is 3. The van der Waals surface area contributed by atoms with E-state index >= 15 is 0 Å². The second-order valence-electron chi connectivity index (χ2n) is 10.8. The second-order valence-corrected chi connectivity index (χ2v) is 10.8. The summed E-state index contributed by atoms with van der Waals surface area (Å²) in [5, 5.41) is 120. The third-order valence-corrected chi connectivity index (χ3v) is 7.32. The highest BCUT2D eigenvalue weighted by Gasteiger charge is 2.46. The molecule has 3 aliphatic rings. The topological polar surface area (TPSA) is 291 Å². The number of aliphatic hydroxyl groups excluding tert-OH is 13. The summed E-state index contributed by atoms with van der Waals surface area (Å²) >= 11 is 0. The van der Waals surface area contributed by atoms with Crippen LogP contribution in [-0.4, -0.2) is 166 Å². The smallest absolute Gasteiger partial charge is 0.184 e. The molecular weight excluding hydrogens is 544 g/mol. The van der Waals surface area contributed by atoms with Crippen molar-refractivity contribution in [2.24, 2.45) is 23.7 Å². The molecule has 240 valence electrons. The molecule has 0 bridgehead atoms. The fourth-order valence-corrected chi connectivity index (χ4v) is 4.92. The Bertz CT molecular complexity index is 655. The first-order valence-electron chi connectivity index (χ1n) is 13.1. The van der Waals surface area contributed by atoms with Crippen molar-refractivity contribution in [1.82, 2.24) is 0 Å². The van der Waals surface area contributed by atoms with Crippen molar-refractivity contribution in [2.75, 3.05) is 19.8 Å². The van der Waals surface area contributed by atoms with E-state index in [0.717, 1.165) is 0 Å². The molecule has 0 amide bonds. The van der Waals surface area contributed by atoms with Crippen LogP contribution < -0.4 is 0 Å². The van der Waals surface area contributed by atoms with Gasteiger partial charge in [0.2, 0.25) is 0 Å². The summed E-state index contributed by atoms with van der Waals surface area (Å²) in [6.07, 6.45) is -15.4. The highest BCUT2D eigenvalue weighted by atomic mass is 16.6. The van der Waals surface area contributed by atoms with E-state index in [1.165, 1.54) is 0 Å². The summed E-state index contributed by atoms with van der Waals surface area (Å²) in [4.78, 5) is 0. The molecule has 0 aromatic carbocycles. The van der Waals surface area contributed by atoms with Crippen LogP contribution >= 0.6 is 0 Å². The van der Waals surface area contributed by atoms with Crippen molar-refractivity contribution in [3.63, 3.8) is 0 Å². The average Bonchev–Trinajstić information content (AvgIpc) is 2.89. The van der Waals surface area contributed by atoms with E-state index in [9.17, 15) is 30.6 Å². The molecule has 3 aliphatic heterocycles. The van der Waals surface area contributed by atoms with E-state index in [0.29, 0.717) is 0 Å². The fraction of sp³-hybridized carbons (Fsp3) is 1.00. The number of hydrogen-bond donors (Lipinski definition) is 13. The third kappa shape index (κ3) is 9.18. The lowest BCUT2D eigenvalue weighted by molar-refractivity contribution is -0.286. The van der Waals surface area contributed by atoms with Crippen molar-refractivity contribution >= 4 is 0 Å².